The molecule has 0 atom stereocenters. The van der Waals surface area contributed by atoms with E-state index >= 15 is 0 Å². The Labute approximate surface area is 208 Å². The lowest BCUT2D eigenvalue weighted by Crippen LogP contribution is -2.18. The third-order valence-corrected chi connectivity index (χ3v) is 5.74. The Morgan fingerprint density at radius 2 is 1.78 bits per heavy atom. The summed E-state index contributed by atoms with van der Waals surface area (Å²) in [4.78, 5) is 16.1. The summed E-state index contributed by atoms with van der Waals surface area (Å²) in [5, 5.41) is 16.0. The van der Waals surface area contributed by atoms with Gasteiger partial charge in [0.15, 0.2) is 0 Å². The van der Waals surface area contributed by atoms with Crippen LogP contribution in [0.4, 0.5) is 13.2 Å². The number of alkyl halides is 3. The predicted molar refractivity (Wildman–Crippen MR) is 134 cm³/mol. The number of carbonyl (C=O) groups is 1. The first-order valence-electron chi connectivity index (χ1n) is 11.7. The van der Waals surface area contributed by atoms with Crippen molar-refractivity contribution >= 4 is 11.7 Å². The van der Waals surface area contributed by atoms with Crippen LogP contribution >= 0.6 is 0 Å². The third kappa shape index (κ3) is 7.42. The van der Waals surface area contributed by atoms with E-state index in [1.165, 1.54) is 6.07 Å². The highest BCUT2D eigenvalue weighted by molar-refractivity contribution is 5.98. The zero-order valence-corrected chi connectivity index (χ0v) is 20.2. The number of halogens is 3. The monoisotopic (exact) mass is 498 g/mol. The number of hydrogen-bond donors (Lipinski definition) is 2. The maximum absolute atomic E-state index is 13.7. The average molecular weight is 499 g/mol. The van der Waals surface area contributed by atoms with Crippen molar-refractivity contribution < 1.29 is 27.9 Å². The minimum absolute atomic E-state index is 0.0576. The number of rotatable bonds is 11. The normalized spacial score (nSPS) is 12.0. The molecule has 0 aromatic heterocycles. The van der Waals surface area contributed by atoms with Gasteiger partial charge in [0.25, 0.3) is 0 Å². The van der Waals surface area contributed by atoms with E-state index in [0.29, 0.717) is 29.9 Å². The highest BCUT2D eigenvalue weighted by atomic mass is 19.4. The van der Waals surface area contributed by atoms with Crippen LogP contribution in [0.25, 0.3) is 11.1 Å². The molecular formula is C28H29F3N2O3. The lowest BCUT2D eigenvalue weighted by molar-refractivity contribution is -0.138. The van der Waals surface area contributed by atoms with Crippen LogP contribution in [0.2, 0.25) is 0 Å². The molecule has 0 saturated heterocycles. The van der Waals surface area contributed by atoms with Crippen molar-refractivity contribution in [2.24, 2.45) is 5.16 Å². The predicted octanol–water partition coefficient (Wildman–Crippen LogP) is 6.44. The van der Waals surface area contributed by atoms with Gasteiger partial charge in [0.05, 0.1) is 17.7 Å². The lowest BCUT2D eigenvalue weighted by atomic mass is 9.97. The topological polar surface area (TPSA) is 70.9 Å². The van der Waals surface area contributed by atoms with Crippen molar-refractivity contribution in [3.05, 3.63) is 94.5 Å². The Morgan fingerprint density at radius 1 is 1.03 bits per heavy atom. The van der Waals surface area contributed by atoms with E-state index in [2.05, 4.69) is 10.5 Å². The number of carboxylic acids is 1. The number of hydrogen-bond acceptors (Lipinski definition) is 4. The molecule has 3 aromatic carbocycles. The maximum atomic E-state index is 13.7. The summed E-state index contributed by atoms with van der Waals surface area (Å²) in [7, 11) is 0. The molecule has 190 valence electrons. The minimum Gasteiger partial charge on any atom is -0.481 e. The van der Waals surface area contributed by atoms with Gasteiger partial charge in [0, 0.05) is 13.1 Å². The quantitative estimate of drug-likeness (QED) is 0.181. The molecule has 3 aromatic rings. The average Bonchev–Trinajstić information content (AvgIpc) is 2.86. The van der Waals surface area contributed by atoms with Crippen LogP contribution in [0, 0.1) is 0 Å². The second-order valence-corrected chi connectivity index (χ2v) is 8.35. The van der Waals surface area contributed by atoms with Gasteiger partial charge in [0.2, 0.25) is 0 Å². The Kier molecular flexibility index (Phi) is 9.25. The first-order valence-corrected chi connectivity index (χ1v) is 11.7. The van der Waals surface area contributed by atoms with Crippen LogP contribution in [0.15, 0.2) is 71.9 Å². The van der Waals surface area contributed by atoms with E-state index in [4.69, 9.17) is 9.94 Å². The van der Waals surface area contributed by atoms with Crippen LogP contribution in [0.5, 0.6) is 0 Å². The molecule has 0 radical (unpaired) electrons. The molecular weight excluding hydrogens is 469 g/mol. The number of benzene rings is 3. The zero-order valence-electron chi connectivity index (χ0n) is 20.2. The highest BCUT2D eigenvalue weighted by Crippen LogP contribution is 2.37. The van der Waals surface area contributed by atoms with E-state index in [-0.39, 0.29) is 18.6 Å². The van der Waals surface area contributed by atoms with Gasteiger partial charge < -0.3 is 15.3 Å². The van der Waals surface area contributed by atoms with Crippen molar-refractivity contribution in [1.82, 2.24) is 5.32 Å². The Balaban J connectivity index is 1.69. The van der Waals surface area contributed by atoms with E-state index < -0.39 is 17.7 Å². The van der Waals surface area contributed by atoms with E-state index in [1.54, 1.807) is 43.3 Å². The van der Waals surface area contributed by atoms with Crippen molar-refractivity contribution in [3.63, 3.8) is 0 Å². The number of oxime groups is 1. The van der Waals surface area contributed by atoms with E-state index in [9.17, 15) is 18.0 Å². The van der Waals surface area contributed by atoms with E-state index in [0.717, 1.165) is 29.2 Å². The molecule has 0 unspecified atom stereocenters. The van der Waals surface area contributed by atoms with Crippen LogP contribution in [0.3, 0.4) is 0 Å². The van der Waals surface area contributed by atoms with Gasteiger partial charge in [-0.2, -0.15) is 13.2 Å². The van der Waals surface area contributed by atoms with E-state index in [1.807, 2.05) is 25.1 Å². The smallest absolute Gasteiger partial charge is 0.417 e. The number of aryl methyl sites for hydroxylation is 1. The summed E-state index contributed by atoms with van der Waals surface area (Å²) >= 11 is 0. The maximum Gasteiger partial charge on any atom is 0.417 e. The molecule has 0 aliphatic heterocycles. The number of nitrogens with one attached hydrogen (secondary N) is 1. The molecule has 0 heterocycles. The van der Waals surface area contributed by atoms with Crippen molar-refractivity contribution in [1.29, 1.82) is 0 Å². The number of aliphatic carboxylic acids is 1. The SMILES string of the molecule is CCc1cc(/C(C)=N\OCc2ccc(-c3ccccc3)c(C(F)(F)F)c2)ccc1CNCCC(=O)O. The zero-order chi connectivity index (χ0) is 26.1. The standard InChI is InChI=1S/C28H29F3N2O3/c1-3-21-16-23(10-11-24(21)17-32-14-13-27(34)35)19(2)33-36-18-20-9-12-25(22-7-5-4-6-8-22)26(15-20)28(29,30)31/h4-12,15-16,32H,3,13-14,17-18H2,1-2H3,(H,34,35)/b33-19-. The number of nitrogens with zero attached hydrogens (tertiary/aromatic N) is 1. The molecule has 36 heavy (non-hydrogen) atoms. The largest absolute Gasteiger partial charge is 0.481 e. The Morgan fingerprint density at radius 3 is 2.44 bits per heavy atom. The van der Waals surface area contributed by atoms with Gasteiger partial charge in [-0.25, -0.2) is 0 Å². The molecule has 0 aliphatic carbocycles. The molecule has 0 amide bonds. The molecule has 8 heteroatoms. The first kappa shape index (κ1) is 26.9. The molecule has 0 bridgehead atoms. The number of carboxylic acid groups (broad SMARTS) is 1. The highest BCUT2D eigenvalue weighted by Gasteiger charge is 2.34. The first-order chi connectivity index (χ1) is 17.2. The minimum atomic E-state index is -4.50. The summed E-state index contributed by atoms with van der Waals surface area (Å²) in [5.74, 6) is -0.845. The molecule has 0 spiro atoms. The van der Waals surface area contributed by atoms with Crippen LogP contribution in [-0.2, 0) is 35.4 Å². The van der Waals surface area contributed by atoms with Gasteiger partial charge in [-0.05, 0) is 58.9 Å². The summed E-state index contributed by atoms with van der Waals surface area (Å²) in [6.45, 7) is 4.65. The summed E-state index contributed by atoms with van der Waals surface area (Å²) in [6.07, 6.45) is -3.66. The van der Waals surface area contributed by atoms with Gasteiger partial charge in [0.1, 0.15) is 6.61 Å². The Bertz CT molecular complexity index is 1210. The third-order valence-electron chi connectivity index (χ3n) is 5.74. The molecule has 0 fully saturated rings. The van der Waals surface area contributed by atoms with Crippen LogP contribution < -0.4 is 5.32 Å². The fourth-order valence-electron chi connectivity index (χ4n) is 3.81. The van der Waals surface area contributed by atoms with Gasteiger partial charge in [-0.3, -0.25) is 4.79 Å². The van der Waals surface area contributed by atoms with Crippen LogP contribution in [-0.4, -0.2) is 23.3 Å². The summed E-state index contributed by atoms with van der Waals surface area (Å²) in [5.41, 5.74) is 3.89. The molecule has 2 N–H and O–H groups in total. The van der Waals surface area contributed by atoms with Gasteiger partial charge >= 0.3 is 12.1 Å². The van der Waals surface area contributed by atoms with Crippen LogP contribution in [0.1, 0.15) is 48.1 Å². The van der Waals surface area contributed by atoms with Crippen molar-refractivity contribution in [3.8, 4) is 11.1 Å². The summed E-state index contributed by atoms with van der Waals surface area (Å²) in [6, 6.07) is 18.5. The Hall–Kier alpha value is -3.65. The second-order valence-electron chi connectivity index (χ2n) is 8.35. The summed E-state index contributed by atoms with van der Waals surface area (Å²) < 4.78 is 41.2. The van der Waals surface area contributed by atoms with Gasteiger partial charge in [-0.15, -0.1) is 0 Å². The van der Waals surface area contributed by atoms with Crippen molar-refractivity contribution in [2.75, 3.05) is 6.54 Å². The molecule has 0 saturated carbocycles. The lowest BCUT2D eigenvalue weighted by Gasteiger charge is -2.15. The van der Waals surface area contributed by atoms with Gasteiger partial charge in [-0.1, -0.05) is 66.7 Å². The fraction of sp³-hybridized carbons (Fsp3) is 0.286. The fourth-order valence-corrected chi connectivity index (χ4v) is 3.81. The second kappa shape index (κ2) is 12.4. The molecule has 5 nitrogen and oxygen atoms in total. The molecule has 3 rings (SSSR count). The van der Waals surface area contributed by atoms with Crippen molar-refractivity contribution in [2.45, 2.75) is 46.0 Å². The molecule has 0 aliphatic rings.